The van der Waals surface area contributed by atoms with Crippen LogP contribution < -0.4 is 11.5 Å². The molecule has 2 saturated heterocycles. The average molecular weight is 462 g/mol. The van der Waals surface area contributed by atoms with Crippen molar-refractivity contribution in [2.24, 2.45) is 17.4 Å². The third-order valence-corrected chi connectivity index (χ3v) is 6.47. The number of piperidine rings is 1. The number of nitrogens with two attached hydrogens (primary N) is 2. The predicted molar refractivity (Wildman–Crippen MR) is 127 cm³/mol. The summed E-state index contributed by atoms with van der Waals surface area (Å²) in [5.41, 5.74) is 13.7. The van der Waals surface area contributed by atoms with Crippen molar-refractivity contribution in [2.45, 2.75) is 19.4 Å². The maximum atomic E-state index is 13.2. The molecule has 0 atom stereocenters. The third-order valence-electron chi connectivity index (χ3n) is 6.12. The van der Waals surface area contributed by atoms with Gasteiger partial charge >= 0.3 is 0 Å². The van der Waals surface area contributed by atoms with E-state index in [1.54, 1.807) is 6.07 Å². The lowest BCUT2D eigenvalue weighted by Crippen LogP contribution is -2.51. The van der Waals surface area contributed by atoms with Gasteiger partial charge in [-0.2, -0.15) is 0 Å². The van der Waals surface area contributed by atoms with Crippen molar-refractivity contribution in [1.82, 2.24) is 14.7 Å². The van der Waals surface area contributed by atoms with Crippen LogP contribution in [0.25, 0.3) is 0 Å². The highest BCUT2D eigenvalue weighted by Gasteiger charge is 2.30. The van der Waals surface area contributed by atoms with Crippen molar-refractivity contribution in [1.29, 1.82) is 0 Å². The lowest BCUT2D eigenvalue weighted by atomic mass is 9.94. The summed E-state index contributed by atoms with van der Waals surface area (Å²) in [7, 11) is 0. The first-order valence-electron chi connectivity index (χ1n) is 11.1. The number of carbonyl (C=O) groups excluding carboxylic acids is 1. The molecule has 0 saturated carbocycles. The van der Waals surface area contributed by atoms with Crippen LogP contribution in [-0.4, -0.2) is 66.4 Å². The van der Waals surface area contributed by atoms with Gasteiger partial charge in [0.15, 0.2) is 0 Å². The van der Waals surface area contributed by atoms with Crippen molar-refractivity contribution in [3.05, 3.63) is 70.8 Å². The molecule has 1 amide bonds. The summed E-state index contributed by atoms with van der Waals surface area (Å²) >= 11 is 6.16. The van der Waals surface area contributed by atoms with Gasteiger partial charge in [0, 0.05) is 55.9 Å². The molecule has 4 N–H and O–H groups in total. The first kappa shape index (κ1) is 24.3. The van der Waals surface area contributed by atoms with Gasteiger partial charge < -0.3 is 16.4 Å². The van der Waals surface area contributed by atoms with E-state index in [2.05, 4.69) is 16.4 Å². The minimum absolute atomic E-state index is 0.0753. The van der Waals surface area contributed by atoms with Crippen LogP contribution in [0.2, 0.25) is 5.02 Å². The van der Waals surface area contributed by atoms with Gasteiger partial charge in [0.1, 0.15) is 5.82 Å². The van der Waals surface area contributed by atoms with Gasteiger partial charge in [0.05, 0.1) is 0 Å². The molecular formula is C24H33ClFN5O. The summed E-state index contributed by atoms with van der Waals surface area (Å²) in [6, 6.07) is 4.52. The second-order valence-electron chi connectivity index (χ2n) is 8.54. The molecule has 0 spiro atoms. The zero-order chi connectivity index (χ0) is 23.1. The molecule has 1 aromatic carbocycles. The molecule has 2 aliphatic heterocycles. The van der Waals surface area contributed by atoms with Gasteiger partial charge in [-0.25, -0.2) is 4.39 Å². The average Bonchev–Trinajstić information content (AvgIpc) is 2.76. The maximum Gasteiger partial charge on any atom is 0.225 e. The van der Waals surface area contributed by atoms with Gasteiger partial charge in [-0.15, -0.1) is 0 Å². The van der Waals surface area contributed by atoms with Gasteiger partial charge in [-0.3, -0.25) is 14.6 Å². The molecular weight excluding hydrogens is 429 g/mol. The number of likely N-dealkylation sites (tertiary alicyclic amines) is 1. The Hall–Kier alpha value is -2.35. The topological polar surface area (TPSA) is 78.8 Å². The van der Waals surface area contributed by atoms with Crippen LogP contribution in [0.4, 0.5) is 4.39 Å². The van der Waals surface area contributed by atoms with Gasteiger partial charge in [-0.1, -0.05) is 24.2 Å². The summed E-state index contributed by atoms with van der Waals surface area (Å²) in [6.45, 7) is 9.89. The lowest BCUT2D eigenvalue weighted by molar-refractivity contribution is -0.138. The number of nitrogens with zero attached hydrogens (tertiary/aromatic N) is 3. The molecule has 3 rings (SSSR count). The van der Waals surface area contributed by atoms with E-state index in [1.807, 2.05) is 17.1 Å². The summed E-state index contributed by atoms with van der Waals surface area (Å²) in [5.74, 6) is 0.0107. The van der Waals surface area contributed by atoms with Crippen LogP contribution in [0, 0.1) is 11.7 Å². The summed E-state index contributed by atoms with van der Waals surface area (Å²) in [5, 5.41) is 0.450. The molecule has 2 fully saturated rings. The highest BCUT2D eigenvalue weighted by atomic mass is 35.5. The van der Waals surface area contributed by atoms with Crippen LogP contribution in [-0.2, 0) is 11.3 Å². The second kappa shape index (κ2) is 11.5. The number of allylic oxidation sites excluding steroid dienone is 1. The van der Waals surface area contributed by atoms with Gasteiger partial charge in [0.2, 0.25) is 5.91 Å². The number of carbonyl (C=O) groups is 1. The first-order chi connectivity index (χ1) is 15.4. The molecule has 0 bridgehead atoms. The molecule has 0 unspecified atom stereocenters. The molecule has 6 nitrogen and oxygen atoms in total. The van der Waals surface area contributed by atoms with Crippen molar-refractivity contribution >= 4 is 17.5 Å². The van der Waals surface area contributed by atoms with Crippen molar-refractivity contribution < 1.29 is 9.18 Å². The molecule has 2 heterocycles. The predicted octanol–water partition coefficient (Wildman–Crippen LogP) is 2.71. The largest absolute Gasteiger partial charge is 0.405 e. The van der Waals surface area contributed by atoms with Gasteiger partial charge in [-0.05, 0) is 67.6 Å². The van der Waals surface area contributed by atoms with Crippen LogP contribution in [0.3, 0.4) is 0 Å². The van der Waals surface area contributed by atoms with E-state index < -0.39 is 0 Å². The molecule has 32 heavy (non-hydrogen) atoms. The van der Waals surface area contributed by atoms with Crippen LogP contribution in [0.5, 0.6) is 0 Å². The number of amides is 1. The third kappa shape index (κ3) is 6.82. The summed E-state index contributed by atoms with van der Waals surface area (Å²) < 4.78 is 13.2. The Morgan fingerprint density at radius 3 is 2.44 bits per heavy atom. The minimum Gasteiger partial charge on any atom is -0.405 e. The fraction of sp³-hybridized carbons (Fsp3) is 0.458. The molecule has 1 aromatic rings. The van der Waals surface area contributed by atoms with E-state index in [1.165, 1.54) is 18.3 Å². The molecule has 0 radical (unpaired) electrons. The van der Waals surface area contributed by atoms with E-state index >= 15 is 0 Å². The van der Waals surface area contributed by atoms with E-state index in [-0.39, 0.29) is 17.6 Å². The van der Waals surface area contributed by atoms with E-state index in [9.17, 15) is 9.18 Å². The van der Waals surface area contributed by atoms with Crippen molar-refractivity contribution in [3.63, 3.8) is 0 Å². The Morgan fingerprint density at radius 1 is 1.16 bits per heavy atom. The summed E-state index contributed by atoms with van der Waals surface area (Å²) in [4.78, 5) is 19.6. The van der Waals surface area contributed by atoms with Crippen molar-refractivity contribution in [3.8, 4) is 0 Å². The van der Waals surface area contributed by atoms with E-state index in [0.717, 1.165) is 56.7 Å². The van der Waals surface area contributed by atoms with Crippen molar-refractivity contribution in [2.75, 3.05) is 45.8 Å². The highest BCUT2D eigenvalue weighted by molar-refractivity contribution is 6.31. The quantitative estimate of drug-likeness (QED) is 0.610. The summed E-state index contributed by atoms with van der Waals surface area (Å²) in [6.07, 6.45) is 6.89. The zero-order valence-corrected chi connectivity index (χ0v) is 19.2. The van der Waals surface area contributed by atoms with Crippen LogP contribution in [0.1, 0.15) is 18.4 Å². The Balaban J connectivity index is 1.44. The normalized spacial score (nSPS) is 19.6. The maximum absolute atomic E-state index is 13.2. The SMILES string of the molecule is C=C(N)/C=C(\C=C/N)CN1CCC(C(=O)N2CCN(Cc3ccc(F)cc3Cl)CC2)CC1. The lowest BCUT2D eigenvalue weighted by Gasteiger charge is -2.38. The highest BCUT2D eigenvalue weighted by Crippen LogP contribution is 2.23. The smallest absolute Gasteiger partial charge is 0.225 e. The monoisotopic (exact) mass is 461 g/mol. The number of piperazine rings is 1. The van der Waals surface area contributed by atoms with E-state index in [0.29, 0.717) is 30.4 Å². The number of hydrogen-bond donors (Lipinski definition) is 2. The number of hydrogen-bond acceptors (Lipinski definition) is 5. The molecule has 2 aliphatic rings. The second-order valence-corrected chi connectivity index (χ2v) is 8.95. The minimum atomic E-state index is -0.326. The fourth-order valence-corrected chi connectivity index (χ4v) is 4.61. The Kier molecular flexibility index (Phi) is 8.73. The van der Waals surface area contributed by atoms with Crippen LogP contribution in [0.15, 0.2) is 54.4 Å². The molecule has 174 valence electrons. The number of benzene rings is 1. The molecule has 0 aliphatic carbocycles. The van der Waals surface area contributed by atoms with Crippen LogP contribution >= 0.6 is 11.6 Å². The first-order valence-corrected chi connectivity index (χ1v) is 11.4. The standard InChI is InChI=1S/C24H33ClFN5O/c1-18(28)14-19(4-7-27)16-29-8-5-20(6-9-29)24(32)31-12-10-30(11-13-31)17-21-2-3-22(26)15-23(21)25/h2-4,7,14-15,20H,1,5-6,8-13,16-17,27-28H2/b7-4-,19-14+. The van der Waals surface area contributed by atoms with Gasteiger partial charge in [0.25, 0.3) is 0 Å². The Bertz CT molecular complexity index is 871. The Labute approximate surface area is 195 Å². The zero-order valence-electron chi connectivity index (χ0n) is 18.5. The Morgan fingerprint density at radius 2 is 1.84 bits per heavy atom. The number of rotatable bonds is 7. The van der Waals surface area contributed by atoms with E-state index in [4.69, 9.17) is 23.1 Å². The number of halogens is 2. The molecule has 0 aromatic heterocycles. The fourth-order valence-electron chi connectivity index (χ4n) is 4.38. The molecule has 8 heteroatoms.